The van der Waals surface area contributed by atoms with E-state index < -0.39 is 18.1 Å². The minimum Gasteiger partial charge on any atom is -0.486 e. The SMILES string of the molecule is COC(=O)C(O)C(N)Cc1ccc2c(c1)OCCO2. The molecule has 6 nitrogen and oxygen atoms in total. The standard InChI is InChI=1S/C13H17NO5/c1-17-13(16)12(15)9(14)6-8-2-3-10-11(7-8)19-5-4-18-10/h2-3,7,9,12,15H,4-6,14H2,1H3. The van der Waals surface area contributed by atoms with E-state index in [2.05, 4.69) is 4.74 Å². The van der Waals surface area contributed by atoms with Crippen LogP contribution in [-0.2, 0) is 16.0 Å². The molecule has 0 radical (unpaired) electrons. The number of methoxy groups -OCH3 is 1. The van der Waals surface area contributed by atoms with Gasteiger partial charge in [0, 0.05) is 6.04 Å². The molecule has 0 aliphatic carbocycles. The van der Waals surface area contributed by atoms with Gasteiger partial charge in [0.25, 0.3) is 0 Å². The first kappa shape index (κ1) is 13.6. The molecule has 1 aliphatic heterocycles. The van der Waals surface area contributed by atoms with Crippen molar-refractivity contribution in [3.63, 3.8) is 0 Å². The number of nitrogens with two attached hydrogens (primary N) is 1. The van der Waals surface area contributed by atoms with Crippen LogP contribution in [0, 0.1) is 0 Å². The molecule has 1 aromatic carbocycles. The second-order valence-electron chi connectivity index (χ2n) is 4.31. The average molecular weight is 267 g/mol. The highest BCUT2D eigenvalue weighted by molar-refractivity contribution is 5.75. The minimum absolute atomic E-state index is 0.340. The van der Waals surface area contributed by atoms with Gasteiger partial charge in [0.05, 0.1) is 7.11 Å². The monoisotopic (exact) mass is 267 g/mol. The molecule has 0 fully saturated rings. The molecule has 104 valence electrons. The lowest BCUT2D eigenvalue weighted by molar-refractivity contribution is -0.151. The number of carbonyl (C=O) groups excluding carboxylic acids is 1. The molecule has 0 bridgehead atoms. The van der Waals surface area contributed by atoms with Crippen molar-refractivity contribution in [3.05, 3.63) is 23.8 Å². The maximum atomic E-state index is 11.2. The number of fused-ring (bicyclic) bond motifs is 1. The highest BCUT2D eigenvalue weighted by Gasteiger charge is 2.24. The molecule has 0 saturated carbocycles. The molecule has 0 saturated heterocycles. The Kier molecular flexibility index (Phi) is 4.24. The summed E-state index contributed by atoms with van der Waals surface area (Å²) in [6, 6.07) is 4.70. The Labute approximate surface area is 111 Å². The molecule has 19 heavy (non-hydrogen) atoms. The van der Waals surface area contributed by atoms with Crippen molar-refractivity contribution >= 4 is 5.97 Å². The molecular weight excluding hydrogens is 250 g/mol. The fourth-order valence-electron chi connectivity index (χ4n) is 1.89. The molecule has 0 amide bonds. The molecule has 3 N–H and O–H groups in total. The van der Waals surface area contributed by atoms with Crippen molar-refractivity contribution in [1.29, 1.82) is 0 Å². The van der Waals surface area contributed by atoms with E-state index >= 15 is 0 Å². The Hall–Kier alpha value is -1.79. The smallest absolute Gasteiger partial charge is 0.336 e. The zero-order valence-electron chi connectivity index (χ0n) is 10.7. The molecule has 1 heterocycles. The molecule has 1 aliphatic rings. The summed E-state index contributed by atoms with van der Waals surface area (Å²) in [7, 11) is 1.21. The Morgan fingerprint density at radius 3 is 2.79 bits per heavy atom. The summed E-state index contributed by atoms with van der Waals surface area (Å²) in [5, 5.41) is 9.63. The number of hydrogen-bond donors (Lipinski definition) is 2. The highest BCUT2D eigenvalue weighted by atomic mass is 16.6. The highest BCUT2D eigenvalue weighted by Crippen LogP contribution is 2.31. The van der Waals surface area contributed by atoms with Crippen LogP contribution < -0.4 is 15.2 Å². The second kappa shape index (κ2) is 5.90. The van der Waals surface area contributed by atoms with E-state index in [9.17, 15) is 9.90 Å². The predicted octanol–water partition coefficient (Wildman–Crippen LogP) is -0.139. The van der Waals surface area contributed by atoms with Gasteiger partial charge in [-0.1, -0.05) is 6.07 Å². The van der Waals surface area contributed by atoms with Gasteiger partial charge in [0.15, 0.2) is 17.6 Å². The maximum Gasteiger partial charge on any atom is 0.336 e. The zero-order valence-corrected chi connectivity index (χ0v) is 10.7. The van der Waals surface area contributed by atoms with Gasteiger partial charge in [0.2, 0.25) is 0 Å². The minimum atomic E-state index is -1.33. The van der Waals surface area contributed by atoms with Crippen LogP contribution in [-0.4, -0.2) is 43.5 Å². The van der Waals surface area contributed by atoms with Crippen LogP contribution in [0.2, 0.25) is 0 Å². The van der Waals surface area contributed by atoms with E-state index in [1.54, 1.807) is 12.1 Å². The number of aliphatic hydroxyl groups excluding tert-OH is 1. The van der Waals surface area contributed by atoms with Crippen LogP contribution in [0.3, 0.4) is 0 Å². The van der Waals surface area contributed by atoms with Crippen LogP contribution in [0.4, 0.5) is 0 Å². The van der Waals surface area contributed by atoms with E-state index in [-0.39, 0.29) is 0 Å². The van der Waals surface area contributed by atoms with Crippen LogP contribution in [0.5, 0.6) is 11.5 Å². The van der Waals surface area contributed by atoms with Crippen molar-refractivity contribution in [3.8, 4) is 11.5 Å². The van der Waals surface area contributed by atoms with Gasteiger partial charge >= 0.3 is 5.97 Å². The predicted molar refractivity (Wildman–Crippen MR) is 67.1 cm³/mol. The molecule has 6 heteroatoms. The van der Waals surface area contributed by atoms with Crippen LogP contribution in [0.15, 0.2) is 18.2 Å². The van der Waals surface area contributed by atoms with Gasteiger partial charge in [0.1, 0.15) is 13.2 Å². The summed E-state index contributed by atoms with van der Waals surface area (Å²) < 4.78 is 15.3. The fraction of sp³-hybridized carbons (Fsp3) is 0.462. The van der Waals surface area contributed by atoms with Gasteiger partial charge in [-0.05, 0) is 24.1 Å². The molecule has 2 rings (SSSR count). The second-order valence-corrected chi connectivity index (χ2v) is 4.31. The summed E-state index contributed by atoms with van der Waals surface area (Å²) >= 11 is 0. The van der Waals surface area contributed by atoms with E-state index in [0.29, 0.717) is 31.1 Å². The first-order valence-corrected chi connectivity index (χ1v) is 6.02. The van der Waals surface area contributed by atoms with Crippen molar-refractivity contribution in [2.75, 3.05) is 20.3 Å². The lowest BCUT2D eigenvalue weighted by Gasteiger charge is -2.20. The Bertz CT molecular complexity index is 462. The summed E-state index contributed by atoms with van der Waals surface area (Å²) in [4.78, 5) is 11.2. The topological polar surface area (TPSA) is 91.0 Å². The quantitative estimate of drug-likeness (QED) is 0.738. The molecule has 0 aromatic heterocycles. The number of benzene rings is 1. The van der Waals surface area contributed by atoms with E-state index in [1.165, 1.54) is 7.11 Å². The summed E-state index contributed by atoms with van der Waals surface area (Å²) in [6.07, 6.45) is -0.995. The number of hydrogen-bond acceptors (Lipinski definition) is 6. The zero-order chi connectivity index (χ0) is 13.8. The number of carbonyl (C=O) groups is 1. The number of aliphatic hydroxyl groups is 1. The summed E-state index contributed by atoms with van der Waals surface area (Å²) in [5.41, 5.74) is 6.64. The summed E-state index contributed by atoms with van der Waals surface area (Å²) in [5.74, 6) is 0.616. The largest absolute Gasteiger partial charge is 0.486 e. The molecule has 2 unspecified atom stereocenters. The summed E-state index contributed by atoms with van der Waals surface area (Å²) in [6.45, 7) is 1.04. The van der Waals surface area contributed by atoms with Gasteiger partial charge in [-0.3, -0.25) is 0 Å². The van der Waals surface area contributed by atoms with E-state index in [0.717, 1.165) is 5.56 Å². The van der Waals surface area contributed by atoms with Crippen molar-refractivity contribution < 1.29 is 24.1 Å². The Morgan fingerprint density at radius 2 is 2.11 bits per heavy atom. The maximum absolute atomic E-state index is 11.2. The fourth-order valence-corrected chi connectivity index (χ4v) is 1.89. The van der Waals surface area contributed by atoms with Gasteiger partial charge in [-0.15, -0.1) is 0 Å². The van der Waals surface area contributed by atoms with Crippen molar-refractivity contribution in [2.24, 2.45) is 5.73 Å². The van der Waals surface area contributed by atoms with Crippen molar-refractivity contribution in [2.45, 2.75) is 18.6 Å². The number of rotatable bonds is 4. The van der Waals surface area contributed by atoms with Gasteiger partial charge in [-0.2, -0.15) is 0 Å². The first-order valence-electron chi connectivity index (χ1n) is 6.02. The third-order valence-electron chi connectivity index (χ3n) is 2.93. The Morgan fingerprint density at radius 1 is 1.42 bits per heavy atom. The normalized spacial score (nSPS) is 16.6. The number of ether oxygens (including phenoxy) is 3. The van der Waals surface area contributed by atoms with Gasteiger partial charge in [-0.25, -0.2) is 4.79 Å². The number of esters is 1. The third-order valence-corrected chi connectivity index (χ3v) is 2.93. The molecular formula is C13H17NO5. The third kappa shape index (κ3) is 3.15. The van der Waals surface area contributed by atoms with E-state index in [4.69, 9.17) is 15.2 Å². The van der Waals surface area contributed by atoms with Crippen LogP contribution in [0.25, 0.3) is 0 Å². The first-order chi connectivity index (χ1) is 9.11. The van der Waals surface area contributed by atoms with Crippen LogP contribution in [0.1, 0.15) is 5.56 Å². The molecule has 2 atom stereocenters. The van der Waals surface area contributed by atoms with Crippen molar-refractivity contribution in [1.82, 2.24) is 0 Å². The lowest BCUT2D eigenvalue weighted by atomic mass is 10.0. The lowest BCUT2D eigenvalue weighted by Crippen LogP contribution is -2.42. The molecule has 1 aromatic rings. The Balaban J connectivity index is 2.04. The van der Waals surface area contributed by atoms with Gasteiger partial charge < -0.3 is 25.1 Å². The average Bonchev–Trinajstić information content (AvgIpc) is 2.45. The van der Waals surface area contributed by atoms with E-state index in [1.807, 2.05) is 6.07 Å². The molecule has 0 spiro atoms. The van der Waals surface area contributed by atoms with Crippen LogP contribution >= 0.6 is 0 Å².